The molecule has 10 heteroatoms. The van der Waals surface area contributed by atoms with Gasteiger partial charge in [0.25, 0.3) is 11.8 Å². The minimum atomic E-state index is -2.85. The van der Waals surface area contributed by atoms with Crippen LogP contribution < -0.4 is 0 Å². The van der Waals surface area contributed by atoms with Gasteiger partial charge in [-0.25, -0.2) is 4.79 Å². The van der Waals surface area contributed by atoms with Gasteiger partial charge in [-0.15, -0.1) is 10.2 Å². The van der Waals surface area contributed by atoms with E-state index in [1.165, 1.54) is 0 Å². The molecule has 1 aromatic carbocycles. The van der Waals surface area contributed by atoms with Gasteiger partial charge in [-0.1, -0.05) is 12.5 Å². The van der Waals surface area contributed by atoms with Crippen molar-refractivity contribution in [2.75, 3.05) is 13.1 Å². The highest BCUT2D eigenvalue weighted by Crippen LogP contribution is 2.35. The molecule has 2 fully saturated rings. The lowest BCUT2D eigenvalue weighted by Gasteiger charge is -2.39. The molecule has 0 spiro atoms. The van der Waals surface area contributed by atoms with Crippen LogP contribution in [0.4, 0.5) is 13.6 Å². The molecule has 2 atom stereocenters. The second-order valence-electron chi connectivity index (χ2n) is 8.17. The Hall–Kier alpha value is -3.04. The van der Waals surface area contributed by atoms with E-state index in [4.69, 9.17) is 9.15 Å². The third-order valence-electron chi connectivity index (χ3n) is 6.25. The summed E-state index contributed by atoms with van der Waals surface area (Å²) in [5.74, 6) is -0.969. The van der Waals surface area contributed by atoms with Crippen molar-refractivity contribution in [1.82, 2.24) is 20.0 Å². The number of carbonyl (C=O) groups excluding carboxylic acids is 2. The Morgan fingerprint density at radius 2 is 1.97 bits per heavy atom. The molecule has 1 aliphatic carbocycles. The summed E-state index contributed by atoms with van der Waals surface area (Å²) in [6.45, 7) is 1.86. The van der Waals surface area contributed by atoms with E-state index in [1.807, 2.05) is 0 Å². The molecule has 2 aliphatic heterocycles. The van der Waals surface area contributed by atoms with Crippen LogP contribution in [0.1, 0.15) is 60.3 Å². The third kappa shape index (κ3) is 3.64. The maximum absolute atomic E-state index is 13.2. The fourth-order valence-electron chi connectivity index (χ4n) is 4.44. The maximum atomic E-state index is 13.2. The lowest BCUT2D eigenvalue weighted by molar-refractivity contribution is -0.0133. The zero-order valence-corrected chi connectivity index (χ0v) is 16.8. The number of nitrogens with zero attached hydrogens (tertiary/aromatic N) is 4. The zero-order valence-electron chi connectivity index (χ0n) is 16.8. The highest BCUT2D eigenvalue weighted by Gasteiger charge is 2.40. The van der Waals surface area contributed by atoms with Crippen molar-refractivity contribution in [3.05, 3.63) is 35.2 Å². The van der Waals surface area contributed by atoms with E-state index in [2.05, 4.69) is 10.2 Å². The van der Waals surface area contributed by atoms with E-state index in [-0.39, 0.29) is 30.0 Å². The quantitative estimate of drug-likeness (QED) is 0.731. The Balaban J connectivity index is 1.35. The van der Waals surface area contributed by atoms with Gasteiger partial charge in [-0.05, 0) is 43.4 Å². The molecule has 2 aromatic rings. The standard InChI is InChI=1S/C21H22F2N4O4/c22-17(23)19-25-24-18(31-19)12-6-7-13-11-27(20(28)14(13)10-12)15-4-1-2-5-16(15)30-21(29)26-8-3-9-26/h6-7,10,15-17H,1-5,8-9,11H2/t15?,16-/m1/s1. The molecule has 0 N–H and O–H groups in total. The number of carbonyl (C=O) groups is 2. The molecule has 31 heavy (non-hydrogen) atoms. The fraction of sp³-hybridized carbons (Fsp3) is 0.524. The van der Waals surface area contributed by atoms with Crippen LogP contribution >= 0.6 is 0 Å². The van der Waals surface area contributed by atoms with Gasteiger partial charge in [0, 0.05) is 30.8 Å². The van der Waals surface area contributed by atoms with Crippen LogP contribution in [0.15, 0.2) is 22.6 Å². The summed E-state index contributed by atoms with van der Waals surface area (Å²) in [6.07, 6.45) is 0.924. The van der Waals surface area contributed by atoms with Crippen molar-refractivity contribution in [2.45, 2.75) is 57.2 Å². The lowest BCUT2D eigenvalue weighted by Crippen LogP contribution is -2.50. The second kappa shape index (κ2) is 7.90. The topological polar surface area (TPSA) is 88.8 Å². The summed E-state index contributed by atoms with van der Waals surface area (Å²) in [7, 11) is 0. The number of hydrogen-bond donors (Lipinski definition) is 0. The van der Waals surface area contributed by atoms with Crippen LogP contribution in [-0.4, -0.2) is 57.2 Å². The summed E-state index contributed by atoms with van der Waals surface area (Å²) in [5.41, 5.74) is 1.73. The van der Waals surface area contributed by atoms with E-state index >= 15 is 0 Å². The summed E-state index contributed by atoms with van der Waals surface area (Å²) in [6, 6.07) is 4.88. The molecule has 3 aliphatic rings. The number of amides is 2. The number of alkyl halides is 2. The SMILES string of the molecule is O=C(O[C@@H]1CCCCC1N1Cc2ccc(-c3nnc(C(F)F)o3)cc2C1=O)N1CCC1. The van der Waals surface area contributed by atoms with Crippen LogP contribution in [-0.2, 0) is 11.3 Å². The number of rotatable bonds is 4. The van der Waals surface area contributed by atoms with E-state index in [9.17, 15) is 18.4 Å². The van der Waals surface area contributed by atoms with Crippen LogP contribution in [0.25, 0.3) is 11.5 Å². The maximum Gasteiger partial charge on any atom is 0.410 e. The highest BCUT2D eigenvalue weighted by molar-refractivity contribution is 5.99. The van der Waals surface area contributed by atoms with Crippen LogP contribution in [0.3, 0.4) is 0 Å². The summed E-state index contributed by atoms with van der Waals surface area (Å²) in [5, 5.41) is 7.00. The molecule has 1 saturated carbocycles. The predicted octanol–water partition coefficient (Wildman–Crippen LogP) is 3.78. The smallest absolute Gasteiger partial charge is 0.410 e. The average molecular weight is 432 g/mol. The van der Waals surface area contributed by atoms with E-state index < -0.39 is 12.3 Å². The van der Waals surface area contributed by atoms with Gasteiger partial charge in [0.15, 0.2) is 0 Å². The van der Waals surface area contributed by atoms with Crippen molar-refractivity contribution in [2.24, 2.45) is 0 Å². The Bertz CT molecular complexity index is 1010. The summed E-state index contributed by atoms with van der Waals surface area (Å²) < 4.78 is 36.3. The highest BCUT2D eigenvalue weighted by atomic mass is 19.3. The molecule has 1 saturated heterocycles. The minimum absolute atomic E-state index is 0.0524. The summed E-state index contributed by atoms with van der Waals surface area (Å²) >= 11 is 0. The number of likely N-dealkylation sites (tertiary alicyclic amines) is 1. The Kier molecular flexibility index (Phi) is 5.07. The Morgan fingerprint density at radius 1 is 1.16 bits per heavy atom. The van der Waals surface area contributed by atoms with Gasteiger partial charge < -0.3 is 19.0 Å². The van der Waals surface area contributed by atoms with Crippen molar-refractivity contribution >= 4 is 12.0 Å². The lowest BCUT2D eigenvalue weighted by atomic mass is 9.91. The van der Waals surface area contributed by atoms with E-state index in [0.29, 0.717) is 17.7 Å². The molecule has 164 valence electrons. The van der Waals surface area contributed by atoms with Gasteiger partial charge in [0.1, 0.15) is 6.10 Å². The number of halogens is 2. The monoisotopic (exact) mass is 432 g/mol. The molecular weight excluding hydrogens is 410 g/mol. The first kappa shape index (κ1) is 19.9. The van der Waals surface area contributed by atoms with Gasteiger partial charge >= 0.3 is 12.5 Å². The molecule has 2 amide bonds. The van der Waals surface area contributed by atoms with Crippen molar-refractivity contribution in [3.63, 3.8) is 0 Å². The van der Waals surface area contributed by atoms with Crippen LogP contribution in [0.2, 0.25) is 0 Å². The van der Waals surface area contributed by atoms with Crippen LogP contribution in [0.5, 0.6) is 0 Å². The number of fused-ring (bicyclic) bond motifs is 1. The van der Waals surface area contributed by atoms with Crippen molar-refractivity contribution in [1.29, 1.82) is 0 Å². The molecule has 0 bridgehead atoms. The van der Waals surface area contributed by atoms with E-state index in [1.54, 1.807) is 28.0 Å². The number of ether oxygens (including phenoxy) is 1. The first-order valence-electron chi connectivity index (χ1n) is 10.5. The molecule has 5 rings (SSSR count). The zero-order chi connectivity index (χ0) is 21.5. The first-order chi connectivity index (χ1) is 15.0. The fourth-order valence-corrected chi connectivity index (χ4v) is 4.44. The molecule has 1 aromatic heterocycles. The largest absolute Gasteiger partial charge is 0.444 e. The van der Waals surface area contributed by atoms with Gasteiger partial charge in [-0.3, -0.25) is 4.79 Å². The van der Waals surface area contributed by atoms with Crippen LogP contribution in [0, 0.1) is 0 Å². The van der Waals surface area contributed by atoms with Gasteiger partial charge in [-0.2, -0.15) is 8.78 Å². The van der Waals surface area contributed by atoms with E-state index in [0.717, 1.165) is 50.8 Å². The summed E-state index contributed by atoms with van der Waals surface area (Å²) in [4.78, 5) is 29.0. The Morgan fingerprint density at radius 3 is 2.68 bits per heavy atom. The average Bonchev–Trinajstić information content (AvgIpc) is 3.32. The number of hydrogen-bond acceptors (Lipinski definition) is 6. The van der Waals surface area contributed by atoms with Gasteiger partial charge in [0.2, 0.25) is 5.89 Å². The third-order valence-corrected chi connectivity index (χ3v) is 6.25. The molecule has 8 nitrogen and oxygen atoms in total. The first-order valence-corrected chi connectivity index (χ1v) is 10.5. The van der Waals surface area contributed by atoms with Crippen molar-refractivity contribution < 1.29 is 27.5 Å². The predicted molar refractivity (Wildman–Crippen MR) is 103 cm³/mol. The Labute approximate surface area is 177 Å². The number of aromatic nitrogens is 2. The molecule has 1 unspecified atom stereocenters. The molecule has 0 radical (unpaired) electrons. The van der Waals surface area contributed by atoms with Gasteiger partial charge in [0.05, 0.1) is 6.04 Å². The minimum Gasteiger partial charge on any atom is -0.444 e. The number of benzene rings is 1. The normalized spacial score (nSPS) is 23.1. The molecular formula is C21H22F2N4O4. The van der Waals surface area contributed by atoms with Crippen molar-refractivity contribution in [3.8, 4) is 11.5 Å². The molecule has 3 heterocycles. The second-order valence-corrected chi connectivity index (χ2v) is 8.17.